The summed E-state index contributed by atoms with van der Waals surface area (Å²) in [5.41, 5.74) is 0. The Bertz CT molecular complexity index is 571. The van der Waals surface area contributed by atoms with Crippen LogP contribution in [-0.4, -0.2) is 44.9 Å². The number of hydrogen-bond donors (Lipinski definition) is 1. The molecule has 0 amide bonds. The third-order valence-corrected chi connectivity index (χ3v) is 1.48. The van der Waals surface area contributed by atoms with Crippen molar-refractivity contribution in [2.24, 2.45) is 0 Å². The quantitative estimate of drug-likeness (QED) is 0.215. The fraction of sp³-hybridized carbons (Fsp3) is 0.857. The molecule has 246 valence electrons. The predicted octanol–water partition coefficient (Wildman–Crippen LogP) is 13.1. The fourth-order valence-electron chi connectivity index (χ4n) is 0.883. The van der Waals surface area contributed by atoms with E-state index < -0.39 is 31.2 Å². The smallest absolute Gasteiger partial charge is 4.00 e. The minimum atomic E-state index is -10.7. The molecule has 1 aliphatic heterocycles. The fourth-order valence-corrected chi connectivity index (χ4v) is 0.883. The summed E-state index contributed by atoms with van der Waals surface area (Å²) in [6.07, 6.45) is 0.277. The molecule has 0 bridgehead atoms. The van der Waals surface area contributed by atoms with E-state index in [2.05, 4.69) is 10.2 Å². The average Bonchev–Trinajstić information content (AvgIpc) is 2.23. The van der Waals surface area contributed by atoms with Gasteiger partial charge in [0.2, 0.25) is 0 Å². The van der Waals surface area contributed by atoms with E-state index in [0.29, 0.717) is 0 Å². The minimum absolute atomic E-state index is 0. The molecule has 1 N–H and O–H groups in total. The number of halogens is 24. The maximum absolute atomic E-state index is 10.7. The van der Waals surface area contributed by atoms with Gasteiger partial charge in [0.25, 0.3) is 0 Å². The minimum Gasteiger partial charge on any atom is 4.00 e. The van der Waals surface area contributed by atoms with Gasteiger partial charge in [-0.25, -0.2) is 0 Å². The van der Waals surface area contributed by atoms with Crippen molar-refractivity contribution < 1.29 is 105 Å². The largest absolute Gasteiger partial charge is 4.00 e. The second-order valence-corrected chi connectivity index (χ2v) is 14.0. The van der Waals surface area contributed by atoms with E-state index in [4.69, 9.17) is 4.74 Å². The van der Waals surface area contributed by atoms with Crippen LogP contribution in [-0.2, 0) is 4.74 Å². The summed E-state index contributed by atoms with van der Waals surface area (Å²) >= 11 is 0. The van der Waals surface area contributed by atoms with Gasteiger partial charge in [0.05, 0.1) is 6.61 Å². The first kappa shape index (κ1) is 47.7. The number of morpholine rings is 1. The van der Waals surface area contributed by atoms with Crippen LogP contribution in [0, 0.1) is 7.43 Å². The topological polar surface area (TPSA) is 24.5 Å². The summed E-state index contributed by atoms with van der Waals surface area (Å²) in [4.78, 5) is 2.08. The van der Waals surface area contributed by atoms with Crippen LogP contribution in [0.15, 0.2) is 0 Å². The molecule has 0 aliphatic carbocycles. The van der Waals surface area contributed by atoms with Crippen molar-refractivity contribution in [1.29, 1.82) is 0 Å². The molecule has 31 heteroatoms. The van der Waals surface area contributed by atoms with E-state index in [0.717, 1.165) is 19.7 Å². The zero-order valence-corrected chi connectivity index (χ0v) is 21.0. The molecular weight excluding hydrogens is 708 g/mol. The molecule has 0 aromatic rings. The second-order valence-electron chi connectivity index (χ2n) is 6.33. The zero-order valence-electron chi connectivity index (χ0n) is 17.4. The summed E-state index contributed by atoms with van der Waals surface area (Å²) in [6.45, 7) is 2.78. The monoisotopic (exact) mass is 722 g/mol. The van der Waals surface area contributed by atoms with Crippen LogP contribution in [0.4, 0.5) is 101 Å². The van der Waals surface area contributed by atoms with Gasteiger partial charge in [-0.3, -0.25) is 4.90 Å². The van der Waals surface area contributed by atoms with Gasteiger partial charge in [0.15, 0.2) is 0 Å². The first-order chi connectivity index (χ1) is 14.1. The van der Waals surface area contributed by atoms with Gasteiger partial charge in [0.1, 0.15) is 6.23 Å². The molecule has 0 saturated carbocycles. The molecule has 1 fully saturated rings. The van der Waals surface area contributed by atoms with Crippen LogP contribution in [0.5, 0.6) is 0 Å². The Morgan fingerprint density at radius 3 is 0.763 bits per heavy atom. The summed E-state index contributed by atoms with van der Waals surface area (Å²) < 4.78 is 242. The Hall–Kier alpha value is -0.0800. The molecule has 1 heterocycles. The molecule has 3 nitrogen and oxygen atoms in total. The van der Waals surface area contributed by atoms with Gasteiger partial charge in [0, 0.05) is 13.1 Å². The number of ether oxygens (including phenoxy) is 1. The van der Waals surface area contributed by atoms with Crippen molar-refractivity contribution in [1.82, 2.24) is 10.2 Å². The van der Waals surface area contributed by atoms with Crippen molar-refractivity contribution in [2.75, 3.05) is 33.8 Å². The van der Waals surface area contributed by atoms with Crippen LogP contribution in [0.25, 0.3) is 0 Å². The Balaban J connectivity index is -0.000000119. The summed E-state index contributed by atoms with van der Waals surface area (Å²) in [7, 11) is -38.6. The summed E-state index contributed by atoms with van der Waals surface area (Å²) in [5.74, 6) is 0. The van der Waals surface area contributed by atoms with Gasteiger partial charge < -0.3 is 10.1 Å². The van der Waals surface area contributed by atoms with E-state index in [1.165, 1.54) is 0 Å². The van der Waals surface area contributed by atoms with E-state index in [1.54, 1.807) is 0 Å². The van der Waals surface area contributed by atoms with Gasteiger partial charge in [-0.1, -0.05) is 0 Å². The first-order valence-electron chi connectivity index (χ1n) is 7.35. The predicted molar refractivity (Wildman–Crippen MR) is 93.8 cm³/mol. The van der Waals surface area contributed by atoms with Crippen molar-refractivity contribution in [3.8, 4) is 0 Å². The Morgan fingerprint density at radius 1 is 0.500 bits per heavy atom. The SMILES string of the molecule is CN(C)C1CNCCO1.F[P-](F)(F)(F)(F)F.F[P-](F)(F)(F)(F)F.F[P-](F)(F)(F)(F)F.F[P-](F)(F)(F)(F)F.[C+4]. The van der Waals surface area contributed by atoms with E-state index >= 15 is 0 Å². The third-order valence-electron chi connectivity index (χ3n) is 1.48. The van der Waals surface area contributed by atoms with Gasteiger partial charge in [-0.05, 0) is 14.1 Å². The number of nitrogens with zero attached hydrogens (tertiary/aromatic N) is 1. The molecule has 0 spiro atoms. The van der Waals surface area contributed by atoms with Crippen LogP contribution in [0.2, 0.25) is 0 Å². The summed E-state index contributed by atoms with van der Waals surface area (Å²) in [6, 6.07) is 0. The van der Waals surface area contributed by atoms with Gasteiger partial charge in [-0.2, -0.15) is 0 Å². The van der Waals surface area contributed by atoms with E-state index in [9.17, 15) is 101 Å². The Labute approximate surface area is 195 Å². The molecule has 1 unspecified atom stereocenters. The summed E-state index contributed by atoms with van der Waals surface area (Å²) in [5, 5.41) is 3.25. The second kappa shape index (κ2) is 9.47. The number of nitrogens with one attached hydrogen (secondary N) is 1. The van der Waals surface area contributed by atoms with Crippen LogP contribution >= 0.6 is 31.2 Å². The van der Waals surface area contributed by atoms with Crippen molar-refractivity contribution in [3.05, 3.63) is 7.43 Å². The van der Waals surface area contributed by atoms with E-state index in [-0.39, 0.29) is 13.7 Å². The van der Waals surface area contributed by atoms with Crippen LogP contribution in [0.3, 0.4) is 0 Å². The molecule has 0 aromatic carbocycles. The average molecular weight is 722 g/mol. The first-order valence-corrected chi connectivity index (χ1v) is 15.5. The molecule has 1 atom stereocenters. The van der Waals surface area contributed by atoms with E-state index in [1.807, 2.05) is 14.1 Å². The van der Waals surface area contributed by atoms with Crippen LogP contribution in [0.1, 0.15) is 0 Å². The molecule has 38 heavy (non-hydrogen) atoms. The van der Waals surface area contributed by atoms with Crippen LogP contribution < -0.4 is 5.32 Å². The molecule has 1 rings (SSSR count). The molecular formula is C7H14F24N2OP4. The van der Waals surface area contributed by atoms with Crippen molar-refractivity contribution in [2.45, 2.75) is 6.23 Å². The maximum atomic E-state index is 9.87. The normalized spacial score (nSPS) is 23.9. The van der Waals surface area contributed by atoms with Crippen molar-refractivity contribution in [3.63, 3.8) is 0 Å². The molecule has 0 radical (unpaired) electrons. The third kappa shape index (κ3) is 308. The molecule has 1 saturated heterocycles. The number of hydrogen-bond acceptors (Lipinski definition) is 3. The number of likely N-dealkylation sites (N-methyl/N-ethyl adjacent to an activating group) is 1. The molecule has 1 aliphatic rings. The zero-order chi connectivity index (χ0) is 32.3. The Morgan fingerprint density at radius 2 is 0.684 bits per heavy atom. The van der Waals surface area contributed by atoms with Crippen molar-refractivity contribution >= 4 is 31.2 Å². The molecule has 0 aromatic heterocycles. The number of rotatable bonds is 1. The maximum Gasteiger partial charge on any atom is 4.00 e. The van der Waals surface area contributed by atoms with Gasteiger partial charge in [-0.15, -0.1) is 0 Å². The standard InChI is InChI=1S/C6H14N2O.C.4F6P/c1-8(2)6-5-7-3-4-9-6;;4*1-7(2,3,4,5)6/h6-7H,3-5H2,1-2H3;;;;;/q;+4;4*-1. The van der Waals surface area contributed by atoms with Gasteiger partial charge >= 0.3 is 139 Å². The Kier molecular flexibility index (Phi) is 11.9.